The van der Waals surface area contributed by atoms with Crippen LogP contribution in [0.5, 0.6) is 0 Å². The van der Waals surface area contributed by atoms with Crippen molar-refractivity contribution in [1.82, 2.24) is 0 Å². The smallest absolute Gasteiger partial charge is 0.404 e. The average Bonchev–Trinajstić information content (AvgIpc) is 1.61. The first-order valence-electron chi connectivity index (χ1n) is 1.75. The number of primary amides is 1. The summed E-state index contributed by atoms with van der Waals surface area (Å²) in [6.45, 7) is 0.191. The van der Waals surface area contributed by atoms with E-state index in [-0.39, 0.29) is 6.61 Å². The zero-order valence-corrected chi connectivity index (χ0v) is 4.44. The van der Waals surface area contributed by atoms with E-state index in [9.17, 15) is 4.79 Å². The molecule has 3 nitrogen and oxygen atoms in total. The average molecular weight is 124 g/mol. The monoisotopic (exact) mass is 123 g/mol. The van der Waals surface area contributed by atoms with Crippen molar-refractivity contribution in [3.05, 3.63) is 0 Å². The van der Waals surface area contributed by atoms with Gasteiger partial charge in [-0.05, 0) is 0 Å². The Labute approximate surface area is 46.4 Å². The molecule has 7 heavy (non-hydrogen) atoms. The fourth-order valence-corrected chi connectivity index (χ4v) is 0.216. The number of hydrogen-bond acceptors (Lipinski definition) is 2. The predicted octanol–water partition coefficient (Wildman–Crippen LogP) is 0.321. The summed E-state index contributed by atoms with van der Waals surface area (Å²) < 4.78 is 4.20. The number of ether oxygens (including phenoxy) is 1. The molecular formula is C3H6ClNO2. The van der Waals surface area contributed by atoms with Gasteiger partial charge in [-0.15, -0.1) is 11.6 Å². The summed E-state index contributed by atoms with van der Waals surface area (Å²) in [5.74, 6) is 0.295. The molecule has 0 fully saturated rings. The van der Waals surface area contributed by atoms with Crippen molar-refractivity contribution in [2.24, 2.45) is 5.73 Å². The molecule has 0 aliphatic rings. The standard InChI is InChI=1S/C3H6ClNO2/c4-1-2-7-3(5)6/h1-2H2,(H2,5,6). The maximum Gasteiger partial charge on any atom is 0.404 e. The Kier molecular flexibility index (Phi) is 3.50. The van der Waals surface area contributed by atoms with Gasteiger partial charge >= 0.3 is 6.09 Å². The molecule has 0 aliphatic heterocycles. The molecule has 0 unspecified atom stereocenters. The van der Waals surface area contributed by atoms with Crippen molar-refractivity contribution in [1.29, 1.82) is 0 Å². The largest absolute Gasteiger partial charge is 0.448 e. The van der Waals surface area contributed by atoms with Crippen LogP contribution in [-0.4, -0.2) is 18.6 Å². The molecule has 0 radical (unpaired) electrons. The van der Waals surface area contributed by atoms with Crippen LogP contribution >= 0.6 is 11.6 Å². The molecule has 0 rings (SSSR count). The second kappa shape index (κ2) is 3.74. The van der Waals surface area contributed by atoms with E-state index in [0.717, 1.165) is 0 Å². The lowest BCUT2D eigenvalue weighted by Gasteiger charge is -1.92. The highest BCUT2D eigenvalue weighted by Crippen LogP contribution is 1.75. The molecule has 0 bridgehead atoms. The third kappa shape index (κ3) is 5.56. The SMILES string of the molecule is NC(=O)OCCCl. The van der Waals surface area contributed by atoms with E-state index >= 15 is 0 Å². The molecular weight excluding hydrogens is 117 g/mol. The van der Waals surface area contributed by atoms with E-state index in [1.54, 1.807) is 0 Å². The second-order valence-corrected chi connectivity index (χ2v) is 1.23. The summed E-state index contributed by atoms with van der Waals surface area (Å²) in [5, 5.41) is 0. The van der Waals surface area contributed by atoms with Gasteiger partial charge in [0.05, 0.1) is 5.88 Å². The van der Waals surface area contributed by atoms with Gasteiger partial charge < -0.3 is 10.5 Å². The van der Waals surface area contributed by atoms with E-state index in [1.807, 2.05) is 0 Å². The van der Waals surface area contributed by atoms with Crippen molar-refractivity contribution in [2.45, 2.75) is 0 Å². The molecule has 0 spiro atoms. The van der Waals surface area contributed by atoms with E-state index < -0.39 is 6.09 Å². The lowest BCUT2D eigenvalue weighted by molar-refractivity contribution is 0.164. The number of halogens is 1. The molecule has 0 atom stereocenters. The number of carbonyl (C=O) groups is 1. The number of hydrogen-bond donors (Lipinski definition) is 1. The summed E-state index contributed by atoms with van der Waals surface area (Å²) in [7, 11) is 0. The fraction of sp³-hybridized carbons (Fsp3) is 0.667. The fourth-order valence-electron chi connectivity index (χ4n) is 0.139. The van der Waals surface area contributed by atoms with Gasteiger partial charge in [-0.3, -0.25) is 0 Å². The van der Waals surface area contributed by atoms with Crippen molar-refractivity contribution >= 4 is 17.7 Å². The van der Waals surface area contributed by atoms with Crippen LogP contribution in [0, 0.1) is 0 Å². The van der Waals surface area contributed by atoms with Crippen LogP contribution in [-0.2, 0) is 4.74 Å². The Bertz CT molecular complexity index is 66.0. The first kappa shape index (κ1) is 6.56. The number of carbonyl (C=O) groups excluding carboxylic acids is 1. The third-order valence-electron chi connectivity index (χ3n) is 0.321. The minimum atomic E-state index is -0.777. The summed E-state index contributed by atoms with van der Waals surface area (Å²) in [6.07, 6.45) is -0.777. The van der Waals surface area contributed by atoms with Crippen molar-refractivity contribution in [3.63, 3.8) is 0 Å². The number of nitrogens with two attached hydrogens (primary N) is 1. The van der Waals surface area contributed by atoms with E-state index in [0.29, 0.717) is 5.88 Å². The summed E-state index contributed by atoms with van der Waals surface area (Å²) >= 11 is 5.11. The zero-order chi connectivity index (χ0) is 5.70. The Balaban J connectivity index is 2.82. The molecule has 4 heteroatoms. The summed E-state index contributed by atoms with van der Waals surface area (Å²) in [5.41, 5.74) is 4.56. The maximum absolute atomic E-state index is 9.70. The molecule has 2 N–H and O–H groups in total. The van der Waals surface area contributed by atoms with Crippen molar-refractivity contribution in [3.8, 4) is 0 Å². The lowest BCUT2D eigenvalue weighted by Crippen LogP contribution is -2.13. The van der Waals surface area contributed by atoms with Gasteiger partial charge in [-0.1, -0.05) is 0 Å². The minimum absolute atomic E-state index is 0.191. The maximum atomic E-state index is 9.70. The Hall–Kier alpha value is -0.440. The van der Waals surface area contributed by atoms with Crippen LogP contribution in [0.4, 0.5) is 4.79 Å². The normalized spacial score (nSPS) is 8.14. The summed E-state index contributed by atoms with van der Waals surface area (Å²) in [4.78, 5) is 9.70. The molecule has 0 saturated carbocycles. The molecule has 42 valence electrons. The van der Waals surface area contributed by atoms with Crippen LogP contribution in [0.2, 0.25) is 0 Å². The first-order chi connectivity index (χ1) is 3.27. The van der Waals surface area contributed by atoms with E-state index in [2.05, 4.69) is 10.5 Å². The Morgan fingerprint density at radius 3 is 2.57 bits per heavy atom. The molecule has 0 heterocycles. The Morgan fingerprint density at radius 1 is 1.86 bits per heavy atom. The van der Waals surface area contributed by atoms with Crippen LogP contribution in [0.15, 0.2) is 0 Å². The topological polar surface area (TPSA) is 52.3 Å². The van der Waals surface area contributed by atoms with Gasteiger partial charge in [-0.25, -0.2) is 4.79 Å². The van der Waals surface area contributed by atoms with Gasteiger partial charge in [0, 0.05) is 0 Å². The quantitative estimate of drug-likeness (QED) is 0.538. The van der Waals surface area contributed by atoms with Crippen LogP contribution < -0.4 is 5.73 Å². The molecule has 0 aromatic heterocycles. The lowest BCUT2D eigenvalue weighted by atomic mass is 10.9. The molecule has 0 aromatic carbocycles. The van der Waals surface area contributed by atoms with Gasteiger partial charge in [0.2, 0.25) is 0 Å². The number of alkyl halides is 1. The molecule has 1 amide bonds. The van der Waals surface area contributed by atoms with Crippen molar-refractivity contribution in [2.75, 3.05) is 12.5 Å². The molecule has 0 saturated heterocycles. The molecule has 0 aromatic rings. The zero-order valence-electron chi connectivity index (χ0n) is 3.69. The van der Waals surface area contributed by atoms with Crippen LogP contribution in [0.3, 0.4) is 0 Å². The summed E-state index contributed by atoms with van der Waals surface area (Å²) in [6, 6.07) is 0. The minimum Gasteiger partial charge on any atom is -0.448 e. The highest BCUT2D eigenvalue weighted by Gasteiger charge is 1.87. The number of rotatable bonds is 2. The predicted molar refractivity (Wildman–Crippen MR) is 26.3 cm³/mol. The van der Waals surface area contributed by atoms with Crippen LogP contribution in [0.1, 0.15) is 0 Å². The van der Waals surface area contributed by atoms with E-state index in [1.165, 1.54) is 0 Å². The van der Waals surface area contributed by atoms with Crippen LogP contribution in [0.25, 0.3) is 0 Å². The van der Waals surface area contributed by atoms with Gasteiger partial charge in [0.1, 0.15) is 6.61 Å². The van der Waals surface area contributed by atoms with E-state index in [4.69, 9.17) is 11.6 Å². The molecule has 0 aliphatic carbocycles. The number of amides is 1. The first-order valence-corrected chi connectivity index (χ1v) is 2.29. The van der Waals surface area contributed by atoms with Gasteiger partial charge in [-0.2, -0.15) is 0 Å². The second-order valence-electron chi connectivity index (χ2n) is 0.856. The van der Waals surface area contributed by atoms with Gasteiger partial charge in [0.25, 0.3) is 0 Å². The third-order valence-corrected chi connectivity index (χ3v) is 0.476. The van der Waals surface area contributed by atoms with Crippen molar-refractivity contribution < 1.29 is 9.53 Å². The highest BCUT2D eigenvalue weighted by atomic mass is 35.5. The Morgan fingerprint density at radius 2 is 2.43 bits per heavy atom. The van der Waals surface area contributed by atoms with Gasteiger partial charge in [0.15, 0.2) is 0 Å². The highest BCUT2D eigenvalue weighted by molar-refractivity contribution is 6.18.